The lowest BCUT2D eigenvalue weighted by molar-refractivity contribution is 0.944. The van der Waals surface area contributed by atoms with Crippen LogP contribution < -0.4 is 0 Å². The minimum Gasteiger partial charge on any atom is -0.267 e. The third kappa shape index (κ3) is 1.94. The van der Waals surface area contributed by atoms with Gasteiger partial charge in [0, 0.05) is 18.0 Å². The van der Waals surface area contributed by atoms with Gasteiger partial charge in [-0.15, -0.1) is 0 Å². The van der Waals surface area contributed by atoms with Crippen molar-refractivity contribution in [1.29, 1.82) is 0 Å². The molecule has 0 aromatic carbocycles. The summed E-state index contributed by atoms with van der Waals surface area (Å²) in [6.45, 7) is 2.05. The van der Waals surface area contributed by atoms with E-state index in [1.807, 2.05) is 4.57 Å². The number of halogens is 2. The maximum Gasteiger partial charge on any atom is 0.215 e. The maximum atomic E-state index is 4.40. The van der Waals surface area contributed by atoms with E-state index in [1.165, 1.54) is 11.5 Å². The first kappa shape index (κ1) is 10.7. The van der Waals surface area contributed by atoms with Crippen molar-refractivity contribution in [3.63, 3.8) is 0 Å². The second-order valence-electron chi connectivity index (χ2n) is 2.54. The van der Waals surface area contributed by atoms with Crippen LogP contribution in [0.3, 0.4) is 0 Å². The van der Waals surface area contributed by atoms with Gasteiger partial charge in [-0.2, -0.15) is 4.37 Å². The predicted molar refractivity (Wildman–Crippen MR) is 71.8 cm³/mol. The fourth-order valence-electron chi connectivity index (χ4n) is 0.931. The van der Waals surface area contributed by atoms with Crippen molar-refractivity contribution >= 4 is 56.7 Å². The number of nitrogens with zero attached hydrogens (tertiary/aromatic N) is 4. The normalized spacial score (nSPS) is 10.8. The first-order valence-electron chi connectivity index (χ1n) is 3.93. The van der Waals surface area contributed by atoms with Gasteiger partial charge in [-0.3, -0.25) is 4.57 Å². The average molecular weight is 432 g/mol. The molecule has 74 valence electrons. The van der Waals surface area contributed by atoms with E-state index in [4.69, 9.17) is 0 Å². The van der Waals surface area contributed by atoms with Crippen molar-refractivity contribution in [3.8, 4) is 5.13 Å². The van der Waals surface area contributed by atoms with Crippen molar-refractivity contribution < 1.29 is 0 Å². The Labute approximate surface area is 113 Å². The first-order valence-corrected chi connectivity index (χ1v) is 6.86. The molecule has 0 atom stereocenters. The van der Waals surface area contributed by atoms with Crippen molar-refractivity contribution in [3.05, 3.63) is 19.6 Å². The molecule has 0 aliphatic rings. The number of rotatable bonds is 2. The molecule has 2 heterocycles. The van der Waals surface area contributed by atoms with Crippen LogP contribution >= 0.6 is 56.7 Å². The zero-order valence-electron chi connectivity index (χ0n) is 7.24. The van der Waals surface area contributed by atoms with E-state index in [0.29, 0.717) is 0 Å². The fraction of sp³-hybridized carbons (Fsp3) is 0.286. The van der Waals surface area contributed by atoms with Gasteiger partial charge in [-0.25, -0.2) is 9.97 Å². The lowest BCUT2D eigenvalue weighted by Gasteiger charge is -1.95. The Hall–Kier alpha value is 0.230. The third-order valence-electron chi connectivity index (χ3n) is 1.65. The second-order valence-corrected chi connectivity index (χ2v) is 5.32. The molecule has 0 N–H and O–H groups in total. The van der Waals surface area contributed by atoms with Gasteiger partial charge in [-0.1, -0.05) is 6.92 Å². The number of imidazole rings is 1. The van der Waals surface area contributed by atoms with Crippen LogP contribution in [-0.2, 0) is 6.42 Å². The summed E-state index contributed by atoms with van der Waals surface area (Å²) in [4.78, 5) is 8.60. The van der Waals surface area contributed by atoms with Gasteiger partial charge in [0.15, 0.2) is 0 Å². The number of aryl methyl sites for hydroxylation is 1. The van der Waals surface area contributed by atoms with E-state index >= 15 is 0 Å². The van der Waals surface area contributed by atoms with Crippen molar-refractivity contribution in [2.24, 2.45) is 0 Å². The van der Waals surface area contributed by atoms with Crippen molar-refractivity contribution in [1.82, 2.24) is 18.9 Å². The summed E-state index contributed by atoms with van der Waals surface area (Å²) in [5, 5.41) is 0.890. The molecule has 0 unspecified atom stereocenters. The Morgan fingerprint density at radius 1 is 1.50 bits per heavy atom. The summed E-state index contributed by atoms with van der Waals surface area (Å²) in [7, 11) is 0. The van der Waals surface area contributed by atoms with Gasteiger partial charge < -0.3 is 0 Å². The van der Waals surface area contributed by atoms with Crippen LogP contribution in [0.4, 0.5) is 0 Å². The predicted octanol–water partition coefficient (Wildman–Crippen LogP) is 2.50. The van der Waals surface area contributed by atoms with E-state index in [1.54, 1.807) is 6.33 Å². The second kappa shape index (κ2) is 4.39. The molecule has 0 fully saturated rings. The van der Waals surface area contributed by atoms with Gasteiger partial charge in [-0.05, 0) is 45.2 Å². The summed E-state index contributed by atoms with van der Waals surface area (Å²) >= 11 is 5.87. The molecule has 14 heavy (non-hydrogen) atoms. The highest BCUT2D eigenvalue weighted by atomic mass is 127. The number of hydrogen-bond acceptors (Lipinski definition) is 4. The Balaban J connectivity index is 2.44. The van der Waals surface area contributed by atoms with E-state index in [0.717, 1.165) is 24.8 Å². The highest BCUT2D eigenvalue weighted by Gasteiger charge is 2.10. The van der Waals surface area contributed by atoms with Crippen LogP contribution in [0.1, 0.15) is 12.7 Å². The van der Waals surface area contributed by atoms with E-state index in [9.17, 15) is 0 Å². The minimum atomic E-state index is 0.874. The molecule has 2 rings (SSSR count). The third-order valence-corrected chi connectivity index (χ3v) is 5.25. The lowest BCUT2D eigenvalue weighted by Crippen LogP contribution is -1.94. The van der Waals surface area contributed by atoms with Crippen LogP contribution in [0.15, 0.2) is 6.33 Å². The Kier molecular flexibility index (Phi) is 3.37. The van der Waals surface area contributed by atoms with Gasteiger partial charge in [0.2, 0.25) is 5.13 Å². The summed E-state index contributed by atoms with van der Waals surface area (Å²) in [6, 6.07) is 0. The molecule has 0 radical (unpaired) electrons. The molecule has 2 aromatic heterocycles. The molecule has 0 saturated carbocycles. The largest absolute Gasteiger partial charge is 0.267 e. The Bertz CT molecular complexity index is 450. The zero-order chi connectivity index (χ0) is 10.1. The molecule has 0 aliphatic heterocycles. The first-order chi connectivity index (χ1) is 6.72. The van der Waals surface area contributed by atoms with Crippen LogP contribution in [0.25, 0.3) is 5.13 Å². The molecule has 7 heteroatoms. The minimum absolute atomic E-state index is 0.874. The monoisotopic (exact) mass is 432 g/mol. The van der Waals surface area contributed by atoms with Gasteiger partial charge in [0.25, 0.3) is 0 Å². The average Bonchev–Trinajstić information content (AvgIpc) is 2.75. The molecule has 0 saturated heterocycles. The molecule has 2 aromatic rings. The standard InChI is InChI=1S/C7H6I2N4S/c1-2-4-11-7(14-12-4)13-3-10-5(8)6(13)9/h3H,2H2,1H3. The van der Waals surface area contributed by atoms with Gasteiger partial charge in [0.1, 0.15) is 19.6 Å². The Morgan fingerprint density at radius 3 is 2.79 bits per heavy atom. The molecule has 0 amide bonds. The molecular weight excluding hydrogens is 426 g/mol. The van der Waals surface area contributed by atoms with E-state index in [2.05, 4.69) is 66.4 Å². The van der Waals surface area contributed by atoms with Crippen LogP contribution in [0.5, 0.6) is 0 Å². The number of hydrogen-bond donors (Lipinski definition) is 0. The molecule has 0 bridgehead atoms. The van der Waals surface area contributed by atoms with Gasteiger partial charge >= 0.3 is 0 Å². The molecule has 0 aliphatic carbocycles. The lowest BCUT2D eigenvalue weighted by atomic mass is 10.5. The summed E-state index contributed by atoms with van der Waals surface area (Å²) in [6.07, 6.45) is 2.66. The molecule has 0 spiro atoms. The van der Waals surface area contributed by atoms with Crippen LogP contribution in [-0.4, -0.2) is 18.9 Å². The topological polar surface area (TPSA) is 43.6 Å². The highest BCUT2D eigenvalue weighted by molar-refractivity contribution is 14.1. The Morgan fingerprint density at radius 2 is 2.29 bits per heavy atom. The highest BCUT2D eigenvalue weighted by Crippen LogP contribution is 2.19. The maximum absolute atomic E-state index is 4.40. The van der Waals surface area contributed by atoms with Gasteiger partial charge in [0.05, 0.1) is 0 Å². The van der Waals surface area contributed by atoms with E-state index in [-0.39, 0.29) is 0 Å². The summed E-state index contributed by atoms with van der Waals surface area (Å²) in [5.74, 6) is 0.893. The smallest absolute Gasteiger partial charge is 0.215 e. The van der Waals surface area contributed by atoms with Crippen LogP contribution in [0, 0.1) is 7.40 Å². The molecular formula is C7H6I2N4S. The zero-order valence-corrected chi connectivity index (χ0v) is 12.4. The SMILES string of the molecule is CCc1nsc(-n2cnc(I)c2I)n1. The molecule has 4 nitrogen and oxygen atoms in total. The summed E-state index contributed by atoms with van der Waals surface area (Å²) in [5.41, 5.74) is 0. The summed E-state index contributed by atoms with van der Waals surface area (Å²) < 4.78 is 8.28. The number of aromatic nitrogens is 4. The van der Waals surface area contributed by atoms with E-state index < -0.39 is 0 Å². The fourth-order valence-corrected chi connectivity index (χ4v) is 2.70. The van der Waals surface area contributed by atoms with Crippen molar-refractivity contribution in [2.75, 3.05) is 0 Å². The quantitative estimate of drug-likeness (QED) is 0.686. The van der Waals surface area contributed by atoms with Crippen LogP contribution in [0.2, 0.25) is 0 Å². The van der Waals surface area contributed by atoms with Crippen molar-refractivity contribution in [2.45, 2.75) is 13.3 Å².